The van der Waals surface area contributed by atoms with E-state index in [9.17, 15) is 14.0 Å². The average molecular weight is 386 g/mol. The summed E-state index contributed by atoms with van der Waals surface area (Å²) in [6.07, 6.45) is 0.635. The highest BCUT2D eigenvalue weighted by molar-refractivity contribution is 6.31. The summed E-state index contributed by atoms with van der Waals surface area (Å²) in [5.41, 5.74) is 2.38. The number of benzene rings is 2. The zero-order valence-corrected chi connectivity index (χ0v) is 15.1. The van der Waals surface area contributed by atoms with Crippen LogP contribution in [0.1, 0.15) is 11.3 Å². The number of H-pyrrole nitrogens is 1. The van der Waals surface area contributed by atoms with E-state index < -0.39 is 5.82 Å². The summed E-state index contributed by atoms with van der Waals surface area (Å²) in [7, 11) is 0. The lowest BCUT2D eigenvalue weighted by atomic mass is 10.0. The van der Waals surface area contributed by atoms with Crippen molar-refractivity contribution >= 4 is 34.1 Å². The third-order valence-electron chi connectivity index (χ3n) is 4.73. The highest BCUT2D eigenvalue weighted by atomic mass is 35.5. The molecule has 1 amide bonds. The average Bonchev–Trinajstić information content (AvgIpc) is 2.65. The van der Waals surface area contributed by atoms with Gasteiger partial charge in [0.15, 0.2) is 5.43 Å². The number of carbonyl (C=O) groups excluding carboxylic acids is 1. The first-order valence-electron chi connectivity index (χ1n) is 8.61. The summed E-state index contributed by atoms with van der Waals surface area (Å²) in [5.74, 6) is -0.793. The van der Waals surface area contributed by atoms with Crippen LogP contribution in [0.3, 0.4) is 0 Å². The Labute approximate surface area is 159 Å². The topological polar surface area (TPSA) is 65.2 Å². The number of fused-ring (bicyclic) bond motifs is 2. The van der Waals surface area contributed by atoms with Gasteiger partial charge in [-0.15, -0.1) is 0 Å². The number of rotatable bonds is 3. The maximum atomic E-state index is 13.7. The van der Waals surface area contributed by atoms with Gasteiger partial charge in [-0.3, -0.25) is 14.5 Å². The summed E-state index contributed by atoms with van der Waals surface area (Å²) in [4.78, 5) is 30.3. The molecule has 2 heterocycles. The van der Waals surface area contributed by atoms with Gasteiger partial charge < -0.3 is 10.3 Å². The number of carbonyl (C=O) groups is 1. The Morgan fingerprint density at radius 2 is 2.07 bits per heavy atom. The molecule has 0 atom stereocenters. The van der Waals surface area contributed by atoms with Crippen LogP contribution >= 0.6 is 11.6 Å². The quantitative estimate of drug-likeness (QED) is 0.727. The second-order valence-corrected chi connectivity index (χ2v) is 7.03. The molecule has 0 spiro atoms. The lowest BCUT2D eigenvalue weighted by molar-refractivity contribution is -0.117. The van der Waals surface area contributed by atoms with Gasteiger partial charge in [-0.2, -0.15) is 0 Å². The Kier molecular flexibility index (Phi) is 4.68. The molecule has 2 N–H and O–H groups in total. The molecule has 4 rings (SSSR count). The molecule has 5 nitrogen and oxygen atoms in total. The summed E-state index contributed by atoms with van der Waals surface area (Å²) in [6.45, 7) is 1.07. The van der Waals surface area contributed by atoms with Crippen molar-refractivity contribution in [3.05, 3.63) is 74.8 Å². The number of hydrogen-bond acceptors (Lipinski definition) is 3. The fraction of sp³-hybridized carbons (Fsp3) is 0.200. The number of pyridine rings is 1. The molecule has 0 saturated carbocycles. The lowest BCUT2D eigenvalue weighted by Gasteiger charge is -2.27. The van der Waals surface area contributed by atoms with Gasteiger partial charge in [-0.05, 0) is 30.3 Å². The molecular weight excluding hydrogens is 369 g/mol. The van der Waals surface area contributed by atoms with Crippen molar-refractivity contribution in [2.24, 2.45) is 0 Å². The van der Waals surface area contributed by atoms with Gasteiger partial charge in [-0.1, -0.05) is 23.7 Å². The van der Waals surface area contributed by atoms with E-state index in [0.717, 1.165) is 11.2 Å². The molecule has 0 radical (unpaired) electrons. The van der Waals surface area contributed by atoms with Crippen molar-refractivity contribution in [3.63, 3.8) is 0 Å². The van der Waals surface area contributed by atoms with Gasteiger partial charge in [0.25, 0.3) is 0 Å². The van der Waals surface area contributed by atoms with Crippen LogP contribution in [-0.4, -0.2) is 28.9 Å². The van der Waals surface area contributed by atoms with Crippen LogP contribution in [0, 0.1) is 5.82 Å². The zero-order chi connectivity index (χ0) is 19.0. The first-order valence-corrected chi connectivity index (χ1v) is 8.99. The molecule has 2 aromatic carbocycles. The summed E-state index contributed by atoms with van der Waals surface area (Å²) in [6, 6.07) is 11.2. The smallest absolute Gasteiger partial charge is 0.238 e. The van der Waals surface area contributed by atoms with E-state index in [4.69, 9.17) is 11.6 Å². The van der Waals surface area contributed by atoms with Gasteiger partial charge in [0.2, 0.25) is 5.91 Å². The van der Waals surface area contributed by atoms with Crippen LogP contribution in [0.25, 0.3) is 10.9 Å². The van der Waals surface area contributed by atoms with Crippen LogP contribution < -0.4 is 10.7 Å². The van der Waals surface area contributed by atoms with Crippen molar-refractivity contribution in [2.45, 2.75) is 13.0 Å². The van der Waals surface area contributed by atoms with Crippen LogP contribution in [0.15, 0.2) is 47.3 Å². The van der Waals surface area contributed by atoms with Crippen molar-refractivity contribution in [3.8, 4) is 0 Å². The fourth-order valence-corrected chi connectivity index (χ4v) is 3.57. The van der Waals surface area contributed by atoms with Crippen molar-refractivity contribution in [1.29, 1.82) is 0 Å². The fourth-order valence-electron chi connectivity index (χ4n) is 3.39. The Morgan fingerprint density at radius 3 is 2.89 bits per heavy atom. The largest absolute Gasteiger partial charge is 0.358 e. The van der Waals surface area contributed by atoms with Gasteiger partial charge in [0.05, 0.1) is 12.2 Å². The Hall–Kier alpha value is -2.70. The molecule has 0 unspecified atom stereocenters. The second kappa shape index (κ2) is 7.13. The molecular formula is C20H17ClFN3O2. The number of halogens is 2. The van der Waals surface area contributed by atoms with E-state index in [2.05, 4.69) is 10.3 Å². The predicted octanol–water partition coefficient (Wildman–Crippen LogP) is 3.32. The van der Waals surface area contributed by atoms with E-state index in [-0.39, 0.29) is 23.6 Å². The SMILES string of the molecule is O=C(CN1CCc2[nH]c3ccc(Cl)cc3c(=O)c2C1)Nc1ccccc1F. The van der Waals surface area contributed by atoms with Gasteiger partial charge in [0, 0.05) is 46.7 Å². The van der Waals surface area contributed by atoms with E-state index in [1.54, 1.807) is 30.3 Å². The van der Waals surface area contributed by atoms with Crippen LogP contribution in [0.5, 0.6) is 0 Å². The number of aromatic amines is 1. The molecule has 138 valence electrons. The minimum atomic E-state index is -0.477. The molecule has 0 saturated heterocycles. The minimum Gasteiger partial charge on any atom is -0.358 e. The Balaban J connectivity index is 1.53. The highest BCUT2D eigenvalue weighted by Gasteiger charge is 2.22. The maximum Gasteiger partial charge on any atom is 0.238 e. The zero-order valence-electron chi connectivity index (χ0n) is 14.4. The molecule has 7 heteroatoms. The Morgan fingerprint density at radius 1 is 1.26 bits per heavy atom. The number of hydrogen-bond donors (Lipinski definition) is 2. The van der Waals surface area contributed by atoms with Crippen LogP contribution in [0.2, 0.25) is 5.02 Å². The predicted molar refractivity (Wildman–Crippen MR) is 104 cm³/mol. The highest BCUT2D eigenvalue weighted by Crippen LogP contribution is 2.21. The lowest BCUT2D eigenvalue weighted by Crippen LogP contribution is -2.39. The van der Waals surface area contributed by atoms with Gasteiger partial charge in [0.1, 0.15) is 5.82 Å². The van der Waals surface area contributed by atoms with Crippen LogP contribution in [-0.2, 0) is 17.8 Å². The summed E-state index contributed by atoms with van der Waals surface area (Å²) in [5, 5.41) is 3.62. The van der Waals surface area contributed by atoms with E-state index >= 15 is 0 Å². The van der Waals surface area contributed by atoms with E-state index in [0.29, 0.717) is 35.5 Å². The molecule has 1 aliphatic heterocycles. The van der Waals surface area contributed by atoms with E-state index in [1.807, 2.05) is 4.90 Å². The standard InChI is InChI=1S/C20H17ClFN3O2/c21-12-5-6-16-13(9-12)20(27)14-10-25(8-7-17(14)23-16)11-19(26)24-18-4-2-1-3-15(18)22/h1-6,9H,7-8,10-11H2,(H,23,27)(H,24,26). The van der Waals surface area contributed by atoms with Crippen molar-refractivity contribution in [1.82, 2.24) is 9.88 Å². The van der Waals surface area contributed by atoms with E-state index in [1.165, 1.54) is 12.1 Å². The van der Waals surface area contributed by atoms with Gasteiger partial charge >= 0.3 is 0 Å². The molecule has 1 aliphatic rings. The Bertz CT molecular complexity index is 1100. The molecule has 3 aromatic rings. The summed E-state index contributed by atoms with van der Waals surface area (Å²) < 4.78 is 13.7. The van der Waals surface area contributed by atoms with Crippen molar-refractivity contribution in [2.75, 3.05) is 18.4 Å². The first-order chi connectivity index (χ1) is 13.0. The molecule has 0 bridgehead atoms. The van der Waals surface area contributed by atoms with Crippen molar-refractivity contribution < 1.29 is 9.18 Å². The maximum absolute atomic E-state index is 13.7. The first kappa shape index (κ1) is 17.7. The van der Waals surface area contributed by atoms with Crippen LogP contribution in [0.4, 0.5) is 10.1 Å². The molecule has 1 aromatic heterocycles. The number of anilines is 1. The number of para-hydroxylation sites is 1. The number of nitrogens with zero attached hydrogens (tertiary/aromatic N) is 1. The molecule has 0 fully saturated rings. The number of nitrogens with one attached hydrogen (secondary N) is 2. The molecule has 27 heavy (non-hydrogen) atoms. The second-order valence-electron chi connectivity index (χ2n) is 6.59. The summed E-state index contributed by atoms with van der Waals surface area (Å²) >= 11 is 6.01. The molecule has 0 aliphatic carbocycles. The number of aromatic nitrogens is 1. The third-order valence-corrected chi connectivity index (χ3v) is 4.96. The normalized spacial score (nSPS) is 14.1. The number of amides is 1. The monoisotopic (exact) mass is 385 g/mol. The minimum absolute atomic E-state index is 0.0690. The third kappa shape index (κ3) is 3.59. The van der Waals surface area contributed by atoms with Gasteiger partial charge in [-0.25, -0.2) is 4.39 Å².